The molecule has 0 saturated heterocycles. The average Bonchev–Trinajstić information content (AvgIpc) is 2.92. The summed E-state index contributed by atoms with van der Waals surface area (Å²) < 4.78 is 65.5. The minimum atomic E-state index is -4.80. The Kier molecular flexibility index (Phi) is 13.2. The molecule has 0 aliphatic rings. The predicted octanol–water partition coefficient (Wildman–Crippen LogP) is 6.56. The Labute approximate surface area is 234 Å². The van der Waals surface area contributed by atoms with Crippen molar-refractivity contribution >= 4 is 24.1 Å². The van der Waals surface area contributed by atoms with E-state index in [2.05, 4.69) is 18.6 Å². The van der Waals surface area contributed by atoms with E-state index >= 15 is 0 Å². The van der Waals surface area contributed by atoms with Gasteiger partial charge in [-0.05, 0) is 61.1 Å². The van der Waals surface area contributed by atoms with Gasteiger partial charge in [0.1, 0.15) is 21.3 Å². The first kappa shape index (κ1) is 32.5. The maximum absolute atomic E-state index is 13.8. The highest BCUT2D eigenvalue weighted by atomic mass is 32.3. The maximum atomic E-state index is 13.8. The quantitative estimate of drug-likeness (QED) is 0.0730. The lowest BCUT2D eigenvalue weighted by Gasteiger charge is -2.14. The minimum Gasteiger partial charge on any atom is -0.492 e. The van der Waals surface area contributed by atoms with Gasteiger partial charge in [0.05, 0.1) is 13.2 Å². The third-order valence-electron chi connectivity index (χ3n) is 6.46. The van der Waals surface area contributed by atoms with Crippen LogP contribution in [-0.2, 0) is 32.5 Å². The first-order chi connectivity index (χ1) is 18.7. The second kappa shape index (κ2) is 15.8. The lowest BCUT2D eigenvalue weighted by Crippen LogP contribution is -2.27. The second-order valence-electron chi connectivity index (χ2n) is 9.46. The summed E-state index contributed by atoms with van der Waals surface area (Å²) >= 11 is 0. The van der Waals surface area contributed by atoms with Crippen LogP contribution in [0.25, 0.3) is 5.53 Å². The van der Waals surface area contributed by atoms with E-state index in [-0.39, 0.29) is 34.5 Å². The second-order valence-corrected chi connectivity index (χ2v) is 13.4. The van der Waals surface area contributed by atoms with Crippen LogP contribution in [0, 0.1) is 0 Å². The molecule has 39 heavy (non-hydrogen) atoms. The van der Waals surface area contributed by atoms with E-state index in [1.807, 2.05) is 13.8 Å². The first-order valence-corrected chi connectivity index (χ1v) is 16.9. The Morgan fingerprint density at radius 3 is 1.41 bits per heavy atom. The number of benzene rings is 2. The molecule has 2 aromatic carbocycles. The number of aryl methyl sites for hydroxylation is 2. The summed E-state index contributed by atoms with van der Waals surface area (Å²) in [5, 5.41) is 0. The van der Waals surface area contributed by atoms with Gasteiger partial charge in [0.25, 0.3) is 19.7 Å². The minimum absolute atomic E-state index is 0.0229. The zero-order valence-corrected chi connectivity index (χ0v) is 25.2. The zero-order valence-electron chi connectivity index (χ0n) is 23.6. The zero-order chi connectivity index (χ0) is 28.9. The molecule has 0 N–H and O–H groups in total. The van der Waals surface area contributed by atoms with Gasteiger partial charge in [-0.25, -0.2) is 16.8 Å². The van der Waals surface area contributed by atoms with Crippen molar-refractivity contribution in [2.24, 2.45) is 0 Å². The van der Waals surface area contributed by atoms with E-state index in [1.165, 1.54) is 24.3 Å². The maximum Gasteiger partial charge on any atom is 0.504 e. The fourth-order valence-electron chi connectivity index (χ4n) is 4.07. The SMILES string of the molecule is CCCCCCOc1ccc(CC)cc1S(=O)(=O)C(=[N+]=[N-])S(=O)(=O)c1cc(CC)ccc1OCCCCCC. The summed E-state index contributed by atoms with van der Waals surface area (Å²) in [6.45, 7) is 8.45. The van der Waals surface area contributed by atoms with Gasteiger partial charge in [-0.1, -0.05) is 78.4 Å². The van der Waals surface area contributed by atoms with Gasteiger partial charge in [0.15, 0.2) is 0 Å². The summed E-state index contributed by atoms with van der Waals surface area (Å²) in [7, 11) is -9.61. The molecule has 0 aliphatic carbocycles. The molecule has 0 fully saturated rings. The Morgan fingerprint density at radius 2 is 1.08 bits per heavy atom. The van der Waals surface area contributed by atoms with Crippen LogP contribution in [0.1, 0.15) is 90.2 Å². The molecule has 216 valence electrons. The Morgan fingerprint density at radius 1 is 0.667 bits per heavy atom. The molecule has 0 amide bonds. The molecule has 0 radical (unpaired) electrons. The number of sulfone groups is 2. The number of unbranched alkanes of at least 4 members (excludes halogenated alkanes) is 6. The fraction of sp³-hybridized carbons (Fsp3) is 0.552. The van der Waals surface area contributed by atoms with E-state index in [4.69, 9.17) is 9.47 Å². The van der Waals surface area contributed by atoms with Crippen LogP contribution >= 0.6 is 0 Å². The van der Waals surface area contributed by atoms with E-state index in [9.17, 15) is 22.4 Å². The molecule has 8 nitrogen and oxygen atoms in total. The van der Waals surface area contributed by atoms with Crippen molar-refractivity contribution < 1.29 is 31.1 Å². The van der Waals surface area contributed by atoms with Gasteiger partial charge in [0, 0.05) is 0 Å². The highest BCUT2D eigenvalue weighted by Gasteiger charge is 2.47. The molecule has 10 heteroatoms. The third-order valence-corrected chi connectivity index (χ3v) is 10.7. The number of nitrogens with zero attached hydrogens (tertiary/aromatic N) is 2. The van der Waals surface area contributed by atoms with Gasteiger partial charge >= 0.3 is 4.38 Å². The molecule has 0 heterocycles. The summed E-state index contributed by atoms with van der Waals surface area (Å²) in [4.78, 5) is 2.16. The van der Waals surface area contributed by atoms with Gasteiger partial charge < -0.3 is 15.0 Å². The van der Waals surface area contributed by atoms with Crippen molar-refractivity contribution in [3.05, 3.63) is 53.1 Å². The normalized spacial score (nSPS) is 11.7. The molecular weight excluding hydrogens is 536 g/mol. The number of rotatable bonds is 16. The van der Waals surface area contributed by atoms with Gasteiger partial charge in [-0.15, -0.1) is 4.79 Å². The van der Waals surface area contributed by atoms with Crippen LogP contribution in [0.2, 0.25) is 0 Å². The van der Waals surface area contributed by atoms with Crippen molar-refractivity contribution in [3.63, 3.8) is 0 Å². The van der Waals surface area contributed by atoms with Crippen molar-refractivity contribution in [2.45, 2.75) is 102 Å². The largest absolute Gasteiger partial charge is 0.504 e. The fourth-order valence-corrected chi connectivity index (χ4v) is 7.75. The smallest absolute Gasteiger partial charge is 0.492 e. The molecule has 0 atom stereocenters. The van der Waals surface area contributed by atoms with Crippen LogP contribution in [-0.4, -0.2) is 39.2 Å². The van der Waals surface area contributed by atoms with E-state index in [1.54, 1.807) is 12.1 Å². The van der Waals surface area contributed by atoms with Crippen molar-refractivity contribution in [1.82, 2.24) is 0 Å². The van der Waals surface area contributed by atoms with Crippen molar-refractivity contribution in [3.8, 4) is 11.5 Å². The molecule has 0 saturated carbocycles. The van der Waals surface area contributed by atoms with Gasteiger partial charge in [0.2, 0.25) is 0 Å². The molecule has 2 rings (SSSR count). The topological polar surface area (TPSA) is 123 Å². The molecule has 0 unspecified atom stereocenters. The summed E-state index contributed by atoms with van der Waals surface area (Å²) in [5.41, 5.74) is 11.2. The van der Waals surface area contributed by atoms with Crippen molar-refractivity contribution in [1.29, 1.82) is 0 Å². The molecule has 0 aromatic heterocycles. The van der Waals surface area contributed by atoms with Gasteiger partial charge in [-0.2, -0.15) is 0 Å². The number of hydrogen-bond donors (Lipinski definition) is 0. The highest BCUT2D eigenvalue weighted by Crippen LogP contribution is 2.33. The lowest BCUT2D eigenvalue weighted by molar-refractivity contribution is 0.00377. The van der Waals surface area contributed by atoms with Crippen LogP contribution in [0.4, 0.5) is 0 Å². The number of hydrogen-bond acceptors (Lipinski definition) is 6. The third kappa shape index (κ3) is 8.65. The molecule has 0 spiro atoms. The predicted molar refractivity (Wildman–Crippen MR) is 154 cm³/mol. The Hall–Kier alpha value is -2.68. The summed E-state index contributed by atoms with van der Waals surface area (Å²) in [6, 6.07) is 9.28. The van der Waals surface area contributed by atoms with Crippen LogP contribution in [0.15, 0.2) is 46.2 Å². The molecular formula is C29H42N2O6S2. The van der Waals surface area contributed by atoms with Crippen molar-refractivity contribution in [2.75, 3.05) is 13.2 Å². The van der Waals surface area contributed by atoms with Crippen LogP contribution in [0.3, 0.4) is 0 Å². The van der Waals surface area contributed by atoms with Gasteiger partial charge in [-0.3, -0.25) is 0 Å². The summed E-state index contributed by atoms with van der Waals surface area (Å²) in [5.74, 6) is 0.0458. The van der Waals surface area contributed by atoms with Crippen LogP contribution < -0.4 is 9.47 Å². The highest BCUT2D eigenvalue weighted by molar-refractivity contribution is 8.31. The standard InChI is InChI=1S/C29H42N2O6S2/c1-5-9-11-13-19-36-25-17-15-23(7-3)21-27(25)38(32,33)29(31-30)39(34,35)28-22-24(8-4)16-18-26(28)37-20-14-12-10-6-2/h15-18,21-22H,5-14,19-20H2,1-4H3. The first-order valence-electron chi connectivity index (χ1n) is 13.9. The lowest BCUT2D eigenvalue weighted by atomic mass is 10.2. The molecule has 0 bridgehead atoms. The number of ether oxygens (including phenoxy) is 2. The molecule has 0 aliphatic heterocycles. The monoisotopic (exact) mass is 578 g/mol. The average molecular weight is 579 g/mol. The van der Waals surface area contributed by atoms with Crippen LogP contribution in [0.5, 0.6) is 11.5 Å². The molecule has 2 aromatic rings. The summed E-state index contributed by atoms with van der Waals surface area (Å²) in [6.07, 6.45) is 8.50. The van der Waals surface area contributed by atoms with E-state index in [0.29, 0.717) is 24.0 Å². The van der Waals surface area contributed by atoms with E-state index < -0.39 is 24.1 Å². The van der Waals surface area contributed by atoms with E-state index in [0.717, 1.165) is 51.4 Å². The Bertz CT molecular complexity index is 1250. The Balaban J connectivity index is 2.53.